The average molecular weight is 775 g/mol. The van der Waals surface area contributed by atoms with Crippen LogP contribution in [0.5, 0.6) is 17.2 Å². The first-order chi connectivity index (χ1) is 28.1. The molecule has 0 heterocycles. The Balaban J connectivity index is 1.54. The van der Waals surface area contributed by atoms with Crippen molar-refractivity contribution in [3.63, 3.8) is 0 Å². The van der Waals surface area contributed by atoms with E-state index in [1.165, 1.54) is 19.3 Å². The van der Waals surface area contributed by atoms with Crippen LogP contribution in [0.4, 0.5) is 0 Å². The van der Waals surface area contributed by atoms with Crippen LogP contribution >= 0.6 is 0 Å². The lowest BCUT2D eigenvalue weighted by atomic mass is 10.00. The molecule has 4 aromatic rings. The predicted molar refractivity (Wildman–Crippen MR) is 221 cm³/mol. The maximum absolute atomic E-state index is 12.5. The summed E-state index contributed by atoms with van der Waals surface area (Å²) in [7, 11) is 0. The smallest absolute Gasteiger partial charge is 0.335 e. The van der Waals surface area contributed by atoms with Crippen LogP contribution in [0.3, 0.4) is 0 Å². The molecule has 0 aliphatic heterocycles. The summed E-state index contributed by atoms with van der Waals surface area (Å²) in [5.41, 5.74) is 4.70. The van der Waals surface area contributed by atoms with Crippen molar-refractivity contribution in [3.05, 3.63) is 180 Å². The van der Waals surface area contributed by atoms with Gasteiger partial charge < -0.3 is 28.4 Å². The maximum Gasteiger partial charge on any atom is 0.335 e. The number of benzene rings is 4. The second-order valence-electron chi connectivity index (χ2n) is 11.7. The highest BCUT2D eigenvalue weighted by Gasteiger charge is 2.14. The molecule has 0 saturated carbocycles. The summed E-state index contributed by atoms with van der Waals surface area (Å²) in [6.45, 7) is 15.4. The zero-order valence-corrected chi connectivity index (χ0v) is 31.7. The average Bonchev–Trinajstić information content (AvgIpc) is 3.24. The molecule has 0 fully saturated rings. The van der Waals surface area contributed by atoms with E-state index in [-0.39, 0.29) is 31.3 Å². The fraction of sp³-hybridized carbons (Fsp3) is 0.0833. The highest BCUT2D eigenvalue weighted by molar-refractivity contribution is 5.88. The van der Waals surface area contributed by atoms with Gasteiger partial charge in [0, 0.05) is 46.1 Å². The van der Waals surface area contributed by atoms with E-state index in [1.807, 2.05) is 48.6 Å². The summed E-state index contributed by atoms with van der Waals surface area (Å²) in [6.07, 6.45) is 9.49. The van der Waals surface area contributed by atoms with E-state index in [4.69, 9.17) is 28.4 Å². The fourth-order valence-corrected chi connectivity index (χ4v) is 4.55. The number of carbonyl (C=O) groups is 4. The fourth-order valence-electron chi connectivity index (χ4n) is 4.55. The van der Waals surface area contributed by atoms with Gasteiger partial charge in [-0.15, -0.1) is 0 Å². The van der Waals surface area contributed by atoms with Crippen LogP contribution in [-0.4, -0.2) is 43.9 Å². The van der Waals surface area contributed by atoms with Crippen molar-refractivity contribution in [3.8, 4) is 40.9 Å². The lowest BCUT2D eigenvalue weighted by Gasteiger charge is -2.12. The third-order valence-corrected chi connectivity index (χ3v) is 7.48. The van der Waals surface area contributed by atoms with E-state index in [9.17, 15) is 19.2 Å². The van der Waals surface area contributed by atoms with Crippen LogP contribution < -0.4 is 14.2 Å². The second-order valence-corrected chi connectivity index (χ2v) is 11.7. The van der Waals surface area contributed by atoms with E-state index in [0.717, 1.165) is 34.9 Å². The highest BCUT2D eigenvalue weighted by atomic mass is 16.7. The standard InChI is InChI=1S/C48H38O10/c1-6-44(49)54-30-29-43-39(21-15-36-12-9-35(10-13-36)11-14-37-17-25-41(26-18-37)53-31-32-55-45(50)7-2)23-24-40(47(43)58-46(51)8-3)22-16-38-19-27-42(28-20-38)56-33-57-48(52)34(4)5/h6-10,12-13,15,17-21,23-30H,1-4,31-33H2,5H3/b21-15+,30-29+. The summed E-state index contributed by atoms with van der Waals surface area (Å²) in [6, 6.07) is 25.1. The van der Waals surface area contributed by atoms with Crippen LogP contribution in [0.2, 0.25) is 0 Å². The van der Waals surface area contributed by atoms with Crippen LogP contribution in [0.15, 0.2) is 141 Å². The molecule has 10 heteroatoms. The normalized spacial score (nSPS) is 10.2. The number of rotatable bonds is 16. The van der Waals surface area contributed by atoms with Gasteiger partial charge in [0.05, 0.1) is 11.8 Å². The summed E-state index contributed by atoms with van der Waals surface area (Å²) in [5.74, 6) is 11.1. The first-order valence-electron chi connectivity index (χ1n) is 17.5. The number of hydrogen-bond donors (Lipinski definition) is 0. The minimum absolute atomic E-state index is 0.115. The molecule has 290 valence electrons. The molecular formula is C48H38O10. The van der Waals surface area contributed by atoms with Crippen molar-refractivity contribution < 1.29 is 47.6 Å². The Labute approximate surface area is 337 Å². The zero-order valence-electron chi connectivity index (χ0n) is 31.7. The van der Waals surface area contributed by atoms with Gasteiger partial charge in [-0.2, -0.15) is 0 Å². The third kappa shape index (κ3) is 14.0. The van der Waals surface area contributed by atoms with Crippen molar-refractivity contribution in [2.24, 2.45) is 0 Å². The first-order valence-corrected chi connectivity index (χ1v) is 17.5. The van der Waals surface area contributed by atoms with E-state index >= 15 is 0 Å². The first kappa shape index (κ1) is 42.7. The molecule has 0 aliphatic rings. The van der Waals surface area contributed by atoms with Crippen molar-refractivity contribution in [1.82, 2.24) is 0 Å². The molecule has 0 spiro atoms. The Morgan fingerprint density at radius 3 is 1.76 bits per heavy atom. The summed E-state index contributed by atoms with van der Waals surface area (Å²) in [5, 5.41) is 0. The molecule has 0 amide bonds. The van der Waals surface area contributed by atoms with Gasteiger partial charge in [-0.25, -0.2) is 19.2 Å². The van der Waals surface area contributed by atoms with Gasteiger partial charge in [0.25, 0.3) is 0 Å². The molecule has 0 unspecified atom stereocenters. The monoisotopic (exact) mass is 774 g/mol. The molecule has 0 atom stereocenters. The number of hydrogen-bond acceptors (Lipinski definition) is 10. The van der Waals surface area contributed by atoms with Gasteiger partial charge in [0.2, 0.25) is 6.79 Å². The lowest BCUT2D eigenvalue weighted by Crippen LogP contribution is -2.10. The molecule has 0 radical (unpaired) electrons. The van der Waals surface area contributed by atoms with Crippen molar-refractivity contribution in [2.45, 2.75) is 6.92 Å². The van der Waals surface area contributed by atoms with E-state index in [1.54, 1.807) is 48.5 Å². The van der Waals surface area contributed by atoms with Crippen LogP contribution in [-0.2, 0) is 33.4 Å². The predicted octanol–water partition coefficient (Wildman–Crippen LogP) is 8.01. The van der Waals surface area contributed by atoms with Gasteiger partial charge in [0.1, 0.15) is 24.7 Å². The summed E-state index contributed by atoms with van der Waals surface area (Å²) in [4.78, 5) is 47.1. The lowest BCUT2D eigenvalue weighted by molar-refractivity contribution is -0.145. The zero-order chi connectivity index (χ0) is 41.7. The van der Waals surface area contributed by atoms with Crippen molar-refractivity contribution in [1.29, 1.82) is 0 Å². The topological polar surface area (TPSA) is 124 Å². The third-order valence-electron chi connectivity index (χ3n) is 7.48. The largest absolute Gasteiger partial charge is 0.490 e. The molecule has 58 heavy (non-hydrogen) atoms. The Morgan fingerprint density at radius 1 is 0.603 bits per heavy atom. The SMILES string of the molecule is C=CC(=O)O/C=C/c1c(/C=C/c2ccc(C#Cc3ccc(OCCOC(=O)C=C)cc3)cc2)ccc(C#Cc2ccc(OCOC(=O)C(=C)C)cc2)c1OC(=O)C=C. The minimum Gasteiger partial charge on any atom is -0.490 e. The summed E-state index contributed by atoms with van der Waals surface area (Å²) < 4.78 is 31.7. The Hall–Kier alpha value is -8.08. The Morgan fingerprint density at radius 2 is 1.17 bits per heavy atom. The van der Waals surface area contributed by atoms with Gasteiger partial charge in [0.15, 0.2) is 5.75 Å². The molecule has 0 aromatic heterocycles. The number of carbonyl (C=O) groups excluding carboxylic acids is 4. The van der Waals surface area contributed by atoms with E-state index in [0.29, 0.717) is 33.8 Å². The Bertz CT molecular complexity index is 2360. The maximum atomic E-state index is 12.5. The van der Waals surface area contributed by atoms with Crippen LogP contribution in [0.25, 0.3) is 18.2 Å². The molecule has 0 saturated heterocycles. The molecular weight excluding hydrogens is 737 g/mol. The second kappa shape index (κ2) is 22.3. The summed E-state index contributed by atoms with van der Waals surface area (Å²) >= 11 is 0. The van der Waals surface area contributed by atoms with Crippen LogP contribution in [0.1, 0.15) is 45.9 Å². The molecule has 0 N–H and O–H groups in total. The van der Waals surface area contributed by atoms with Gasteiger partial charge in [-0.05, 0) is 90.9 Å². The van der Waals surface area contributed by atoms with Gasteiger partial charge in [-0.1, -0.05) is 80.3 Å². The quantitative estimate of drug-likeness (QED) is 0.0127. The minimum atomic E-state index is -0.722. The molecule has 0 aliphatic carbocycles. The Kier molecular flexibility index (Phi) is 16.4. The van der Waals surface area contributed by atoms with Gasteiger partial charge in [-0.3, -0.25) is 0 Å². The number of esters is 4. The van der Waals surface area contributed by atoms with Gasteiger partial charge >= 0.3 is 23.9 Å². The van der Waals surface area contributed by atoms with E-state index < -0.39 is 23.9 Å². The highest BCUT2D eigenvalue weighted by Crippen LogP contribution is 2.31. The molecule has 4 aromatic carbocycles. The van der Waals surface area contributed by atoms with Crippen LogP contribution in [0, 0.1) is 23.7 Å². The molecule has 10 nitrogen and oxygen atoms in total. The number of ether oxygens (including phenoxy) is 6. The van der Waals surface area contributed by atoms with Crippen molar-refractivity contribution >= 4 is 42.1 Å². The molecule has 0 bridgehead atoms. The molecule has 4 rings (SSSR count). The van der Waals surface area contributed by atoms with Crippen molar-refractivity contribution in [2.75, 3.05) is 20.0 Å². The van der Waals surface area contributed by atoms with E-state index in [2.05, 4.69) is 50.0 Å².